The van der Waals surface area contributed by atoms with Crippen molar-refractivity contribution in [2.24, 2.45) is 0 Å². The molecule has 31 heavy (non-hydrogen) atoms. The lowest BCUT2D eigenvalue weighted by molar-refractivity contribution is -0.120. The Morgan fingerprint density at radius 2 is 1.97 bits per heavy atom. The fraction of sp³-hybridized carbons (Fsp3) is 0.480. The van der Waals surface area contributed by atoms with E-state index in [1.165, 1.54) is 28.1 Å². The number of carbonyl (C=O) groups excluding carboxylic acids is 2. The SMILES string of the molecule is CCCCc1cnc2c(c1)CCC(=O)N2CC=O.COc1ccc2c(c1)CN(C)CC2. The monoisotopic (exact) mass is 423 g/mol. The van der Waals surface area contributed by atoms with E-state index < -0.39 is 0 Å². The zero-order chi connectivity index (χ0) is 22.2. The summed E-state index contributed by atoms with van der Waals surface area (Å²) in [5.41, 5.74) is 5.19. The van der Waals surface area contributed by atoms with Crippen LogP contribution in [0.25, 0.3) is 0 Å². The summed E-state index contributed by atoms with van der Waals surface area (Å²) in [4.78, 5) is 30.5. The summed E-state index contributed by atoms with van der Waals surface area (Å²) in [5, 5.41) is 0. The van der Waals surface area contributed by atoms with E-state index in [4.69, 9.17) is 4.74 Å². The highest BCUT2D eigenvalue weighted by Crippen LogP contribution is 2.26. The molecule has 6 nitrogen and oxygen atoms in total. The van der Waals surface area contributed by atoms with Gasteiger partial charge in [0.15, 0.2) is 0 Å². The van der Waals surface area contributed by atoms with Gasteiger partial charge in [-0.15, -0.1) is 0 Å². The Bertz CT molecular complexity index is 913. The molecule has 2 aliphatic heterocycles. The first-order chi connectivity index (χ1) is 15.0. The van der Waals surface area contributed by atoms with Crippen LogP contribution >= 0.6 is 0 Å². The van der Waals surface area contributed by atoms with Gasteiger partial charge >= 0.3 is 0 Å². The first-order valence-corrected chi connectivity index (χ1v) is 11.1. The zero-order valence-corrected chi connectivity index (χ0v) is 18.9. The number of aromatic nitrogens is 1. The van der Waals surface area contributed by atoms with Crippen molar-refractivity contribution in [2.75, 3.05) is 32.1 Å². The third kappa shape index (κ3) is 5.91. The number of anilines is 1. The topological polar surface area (TPSA) is 62.7 Å². The lowest BCUT2D eigenvalue weighted by Crippen LogP contribution is -2.37. The predicted octanol–water partition coefficient (Wildman–Crippen LogP) is 3.59. The predicted molar refractivity (Wildman–Crippen MR) is 123 cm³/mol. The second kappa shape index (κ2) is 11.0. The molecular weight excluding hydrogens is 390 g/mol. The van der Waals surface area contributed by atoms with Crippen LogP contribution in [0.2, 0.25) is 0 Å². The lowest BCUT2D eigenvalue weighted by Gasteiger charge is -2.26. The van der Waals surface area contributed by atoms with E-state index in [1.54, 1.807) is 7.11 Å². The molecule has 0 saturated heterocycles. The van der Waals surface area contributed by atoms with Gasteiger partial charge in [0.1, 0.15) is 17.9 Å². The lowest BCUT2D eigenvalue weighted by atomic mass is 10.00. The van der Waals surface area contributed by atoms with Gasteiger partial charge in [-0.1, -0.05) is 25.5 Å². The van der Waals surface area contributed by atoms with Crippen LogP contribution in [0.3, 0.4) is 0 Å². The second-order valence-corrected chi connectivity index (χ2v) is 8.22. The minimum Gasteiger partial charge on any atom is -0.497 e. The first kappa shape index (κ1) is 22.9. The van der Waals surface area contributed by atoms with E-state index in [0.29, 0.717) is 12.2 Å². The van der Waals surface area contributed by atoms with Crippen LogP contribution in [0.15, 0.2) is 30.5 Å². The summed E-state index contributed by atoms with van der Waals surface area (Å²) >= 11 is 0. The number of aryl methyl sites for hydroxylation is 2. The third-order valence-electron chi connectivity index (χ3n) is 5.86. The minimum absolute atomic E-state index is 0.0107. The van der Waals surface area contributed by atoms with Crippen molar-refractivity contribution in [2.45, 2.75) is 52.0 Å². The minimum atomic E-state index is -0.0107. The Morgan fingerprint density at radius 1 is 1.13 bits per heavy atom. The van der Waals surface area contributed by atoms with Crippen molar-refractivity contribution in [3.63, 3.8) is 0 Å². The largest absolute Gasteiger partial charge is 0.497 e. The van der Waals surface area contributed by atoms with Crippen molar-refractivity contribution >= 4 is 18.0 Å². The molecule has 166 valence electrons. The number of hydrogen-bond acceptors (Lipinski definition) is 5. The molecule has 2 aromatic rings. The molecule has 1 aromatic carbocycles. The average Bonchev–Trinajstić information content (AvgIpc) is 2.79. The molecule has 0 saturated carbocycles. The molecular formula is C25H33N3O3. The first-order valence-electron chi connectivity index (χ1n) is 11.1. The molecule has 6 heteroatoms. The van der Waals surface area contributed by atoms with Crippen molar-refractivity contribution < 1.29 is 14.3 Å². The van der Waals surface area contributed by atoms with Crippen molar-refractivity contribution in [3.05, 3.63) is 52.7 Å². The van der Waals surface area contributed by atoms with Crippen LogP contribution in [-0.2, 0) is 35.4 Å². The Balaban J connectivity index is 0.000000185. The number of hydrogen-bond donors (Lipinski definition) is 0. The van der Waals surface area contributed by atoms with Crippen molar-refractivity contribution in [1.82, 2.24) is 9.88 Å². The summed E-state index contributed by atoms with van der Waals surface area (Å²) in [7, 11) is 3.87. The molecule has 0 atom stereocenters. The fourth-order valence-corrected chi connectivity index (χ4v) is 4.06. The molecule has 0 unspecified atom stereocenters. The fourth-order valence-electron chi connectivity index (χ4n) is 4.06. The van der Waals surface area contributed by atoms with Crippen LogP contribution in [0.4, 0.5) is 5.82 Å². The van der Waals surface area contributed by atoms with Gasteiger partial charge in [-0.25, -0.2) is 4.98 Å². The zero-order valence-electron chi connectivity index (χ0n) is 18.9. The van der Waals surface area contributed by atoms with E-state index in [0.717, 1.165) is 56.2 Å². The van der Waals surface area contributed by atoms with Crippen LogP contribution in [0.5, 0.6) is 5.75 Å². The molecule has 1 aromatic heterocycles. The van der Waals surface area contributed by atoms with E-state index in [-0.39, 0.29) is 12.5 Å². The van der Waals surface area contributed by atoms with Gasteiger partial charge in [-0.3, -0.25) is 9.69 Å². The quantitative estimate of drug-likeness (QED) is 0.665. The van der Waals surface area contributed by atoms with Crippen LogP contribution in [-0.4, -0.2) is 49.3 Å². The molecule has 0 N–H and O–H groups in total. The molecule has 0 fully saturated rings. The Kier molecular flexibility index (Phi) is 8.18. The number of nitrogens with zero attached hydrogens (tertiary/aromatic N) is 3. The Morgan fingerprint density at radius 3 is 2.71 bits per heavy atom. The highest BCUT2D eigenvalue weighted by molar-refractivity contribution is 5.97. The van der Waals surface area contributed by atoms with Crippen molar-refractivity contribution in [1.29, 1.82) is 0 Å². The summed E-state index contributed by atoms with van der Waals surface area (Å²) < 4.78 is 5.20. The van der Waals surface area contributed by atoms with Crippen LogP contribution in [0, 0.1) is 0 Å². The summed E-state index contributed by atoms with van der Waals surface area (Å²) in [6.45, 7) is 4.48. The highest BCUT2D eigenvalue weighted by atomic mass is 16.5. The van der Waals surface area contributed by atoms with E-state index in [9.17, 15) is 9.59 Å². The van der Waals surface area contributed by atoms with E-state index in [1.807, 2.05) is 12.3 Å². The van der Waals surface area contributed by atoms with Gasteiger partial charge < -0.3 is 14.4 Å². The molecule has 2 aliphatic rings. The summed E-state index contributed by atoms with van der Waals surface area (Å²) in [5.74, 6) is 1.62. The molecule has 0 bridgehead atoms. The number of amides is 1. The average molecular weight is 424 g/mol. The normalized spacial score (nSPS) is 15.5. The molecule has 3 heterocycles. The highest BCUT2D eigenvalue weighted by Gasteiger charge is 2.25. The maximum absolute atomic E-state index is 11.7. The number of methoxy groups -OCH3 is 1. The van der Waals surface area contributed by atoms with Gasteiger partial charge in [0.25, 0.3) is 0 Å². The smallest absolute Gasteiger partial charge is 0.228 e. The Labute approximate surface area is 185 Å². The molecule has 1 amide bonds. The summed E-state index contributed by atoms with van der Waals surface area (Å²) in [6, 6.07) is 8.50. The number of carbonyl (C=O) groups is 2. The van der Waals surface area contributed by atoms with Gasteiger partial charge in [0.05, 0.1) is 13.7 Å². The molecule has 4 rings (SSSR count). The molecule has 0 spiro atoms. The van der Waals surface area contributed by atoms with Gasteiger partial charge in [-0.2, -0.15) is 0 Å². The molecule has 0 aliphatic carbocycles. The summed E-state index contributed by atoms with van der Waals surface area (Å²) in [6.07, 6.45) is 8.28. The maximum Gasteiger partial charge on any atom is 0.228 e. The number of rotatable bonds is 6. The number of fused-ring (bicyclic) bond motifs is 2. The van der Waals surface area contributed by atoms with E-state index in [2.05, 4.69) is 42.1 Å². The second-order valence-electron chi connectivity index (χ2n) is 8.22. The van der Waals surface area contributed by atoms with Crippen LogP contribution < -0.4 is 9.64 Å². The number of pyridine rings is 1. The van der Waals surface area contributed by atoms with Gasteiger partial charge in [0.2, 0.25) is 5.91 Å². The van der Waals surface area contributed by atoms with E-state index >= 15 is 0 Å². The van der Waals surface area contributed by atoms with Gasteiger partial charge in [0, 0.05) is 25.7 Å². The number of aldehydes is 1. The molecule has 0 radical (unpaired) electrons. The number of likely N-dealkylation sites (N-methyl/N-ethyl adjacent to an activating group) is 1. The number of benzene rings is 1. The van der Waals surface area contributed by atoms with Crippen molar-refractivity contribution in [3.8, 4) is 5.75 Å². The number of unbranched alkanes of at least 4 members (excludes halogenated alkanes) is 1. The number of ether oxygens (including phenoxy) is 1. The third-order valence-corrected chi connectivity index (χ3v) is 5.86. The standard InChI is InChI=1S/C14H18N2O2.C11H15NO/c1-2-3-4-11-9-12-5-6-13(18)16(7-8-17)14(12)15-10-11;1-12-6-5-9-3-4-11(13-2)7-10(9)8-12/h8-10H,2-7H2,1H3;3-4,7H,5-6,8H2,1-2H3. The van der Waals surface area contributed by atoms with Crippen LogP contribution in [0.1, 0.15) is 48.4 Å². The van der Waals surface area contributed by atoms with Gasteiger partial charge in [-0.05, 0) is 67.1 Å². The Hall–Kier alpha value is -2.73. The maximum atomic E-state index is 11.7.